The minimum absolute atomic E-state index is 0.0153. The Hall–Kier alpha value is -2.31. The van der Waals surface area contributed by atoms with Crippen molar-refractivity contribution in [3.63, 3.8) is 0 Å². The molecule has 1 atom stereocenters. The van der Waals surface area contributed by atoms with E-state index in [0.717, 1.165) is 10.6 Å². The molecule has 0 radical (unpaired) electrons. The van der Waals surface area contributed by atoms with Crippen LogP contribution < -0.4 is 5.84 Å². The maximum atomic E-state index is 11.7. The third kappa shape index (κ3) is 2.98. The number of benzene rings is 1. The summed E-state index contributed by atoms with van der Waals surface area (Å²) in [7, 11) is 1.24. The van der Waals surface area contributed by atoms with Crippen LogP contribution >= 0.6 is 0 Å². The molecule has 20 heavy (non-hydrogen) atoms. The molecule has 0 aromatic heterocycles. The highest BCUT2D eigenvalue weighted by Crippen LogP contribution is 2.22. The number of ether oxygens (including phenoxy) is 2. The molecule has 3 N–H and O–H groups in total. The zero-order valence-electron chi connectivity index (χ0n) is 11.0. The Kier molecular flexibility index (Phi) is 4.39. The molecule has 1 unspecified atom stereocenters. The van der Waals surface area contributed by atoms with Gasteiger partial charge in [-0.05, 0) is 11.6 Å². The topological polar surface area (TPSA) is 85.0 Å². The molecule has 6 heteroatoms. The van der Waals surface area contributed by atoms with Crippen LogP contribution in [-0.4, -0.2) is 29.3 Å². The van der Waals surface area contributed by atoms with E-state index in [2.05, 4.69) is 4.74 Å². The fourth-order valence-corrected chi connectivity index (χ4v) is 1.80. The molecule has 1 aliphatic heterocycles. The molecule has 1 aromatic rings. The molecule has 106 valence electrons. The molecule has 0 spiro atoms. The SMILES string of the molecule is COC(=O)C1=C(OCc2ccccc2)C(O)C=CN1N. The van der Waals surface area contributed by atoms with Crippen LogP contribution in [0, 0.1) is 0 Å². The van der Waals surface area contributed by atoms with Gasteiger partial charge < -0.3 is 14.6 Å². The second-order valence-electron chi connectivity index (χ2n) is 4.17. The lowest BCUT2D eigenvalue weighted by Crippen LogP contribution is -2.36. The summed E-state index contributed by atoms with van der Waals surface area (Å²) < 4.78 is 10.2. The number of hydrazine groups is 1. The lowest BCUT2D eigenvalue weighted by atomic mass is 10.1. The van der Waals surface area contributed by atoms with Crippen LogP contribution in [0.1, 0.15) is 5.56 Å². The van der Waals surface area contributed by atoms with E-state index < -0.39 is 12.1 Å². The van der Waals surface area contributed by atoms with Gasteiger partial charge in [-0.3, -0.25) is 5.01 Å². The molecule has 0 amide bonds. The number of methoxy groups -OCH3 is 1. The molecule has 2 rings (SSSR count). The van der Waals surface area contributed by atoms with Gasteiger partial charge in [0.25, 0.3) is 0 Å². The Morgan fingerprint density at radius 2 is 2.10 bits per heavy atom. The minimum atomic E-state index is -1.03. The normalized spacial score (nSPS) is 18.1. The van der Waals surface area contributed by atoms with Crippen LogP contribution in [0.5, 0.6) is 0 Å². The Bertz CT molecular complexity index is 539. The van der Waals surface area contributed by atoms with Gasteiger partial charge in [-0.1, -0.05) is 30.3 Å². The summed E-state index contributed by atoms with van der Waals surface area (Å²) in [6.45, 7) is 0.218. The molecule has 0 saturated heterocycles. The third-order valence-electron chi connectivity index (χ3n) is 2.81. The van der Waals surface area contributed by atoms with Crippen molar-refractivity contribution in [2.75, 3.05) is 7.11 Å². The highest BCUT2D eigenvalue weighted by Gasteiger charge is 2.29. The number of carbonyl (C=O) groups is 1. The predicted molar refractivity (Wildman–Crippen MR) is 71.4 cm³/mol. The number of aliphatic hydroxyl groups excluding tert-OH is 1. The van der Waals surface area contributed by atoms with Crippen LogP contribution in [0.2, 0.25) is 0 Å². The standard InChI is InChI=1S/C14H16N2O4/c1-19-14(18)12-13(11(17)7-8-16(12)15)20-9-10-5-3-2-4-6-10/h2-8,11,17H,9,15H2,1H3. The van der Waals surface area contributed by atoms with Crippen molar-refractivity contribution < 1.29 is 19.4 Å². The van der Waals surface area contributed by atoms with Gasteiger partial charge in [-0.25, -0.2) is 10.6 Å². The molecule has 0 aliphatic carbocycles. The summed E-state index contributed by atoms with van der Waals surface area (Å²) in [5.41, 5.74) is 0.896. The molecular weight excluding hydrogens is 260 g/mol. The fraction of sp³-hybridized carbons (Fsp3) is 0.214. The number of carbonyl (C=O) groups excluding carboxylic acids is 1. The Balaban J connectivity index is 2.21. The molecule has 0 fully saturated rings. The van der Waals surface area contributed by atoms with Crippen LogP contribution in [0.25, 0.3) is 0 Å². The van der Waals surface area contributed by atoms with Gasteiger partial charge in [0, 0.05) is 6.20 Å². The maximum absolute atomic E-state index is 11.7. The zero-order chi connectivity index (χ0) is 14.5. The molecule has 6 nitrogen and oxygen atoms in total. The molecule has 0 bridgehead atoms. The van der Waals surface area contributed by atoms with Crippen molar-refractivity contribution in [2.24, 2.45) is 5.84 Å². The van der Waals surface area contributed by atoms with Gasteiger partial charge in [0.15, 0.2) is 11.5 Å². The van der Waals surface area contributed by atoms with E-state index in [-0.39, 0.29) is 18.1 Å². The zero-order valence-corrected chi connectivity index (χ0v) is 11.0. The van der Waals surface area contributed by atoms with E-state index in [1.165, 1.54) is 19.4 Å². The van der Waals surface area contributed by atoms with E-state index in [4.69, 9.17) is 10.6 Å². The maximum Gasteiger partial charge on any atom is 0.359 e. The smallest absolute Gasteiger partial charge is 0.359 e. The second-order valence-corrected chi connectivity index (χ2v) is 4.17. The van der Waals surface area contributed by atoms with E-state index in [9.17, 15) is 9.90 Å². The van der Waals surface area contributed by atoms with Crippen LogP contribution in [-0.2, 0) is 20.9 Å². The van der Waals surface area contributed by atoms with Crippen LogP contribution in [0.15, 0.2) is 54.1 Å². The summed E-state index contributed by atoms with van der Waals surface area (Å²) in [5.74, 6) is 5.08. The molecule has 1 heterocycles. The van der Waals surface area contributed by atoms with Gasteiger partial charge in [-0.15, -0.1) is 0 Å². The van der Waals surface area contributed by atoms with E-state index >= 15 is 0 Å². The first-order valence-electron chi connectivity index (χ1n) is 6.03. The Morgan fingerprint density at radius 1 is 1.40 bits per heavy atom. The van der Waals surface area contributed by atoms with E-state index in [0.29, 0.717) is 0 Å². The fourth-order valence-electron chi connectivity index (χ4n) is 1.80. The lowest BCUT2D eigenvalue weighted by Gasteiger charge is -2.26. The summed E-state index contributed by atoms with van der Waals surface area (Å²) in [4.78, 5) is 11.7. The molecule has 0 saturated carbocycles. The van der Waals surface area contributed by atoms with Gasteiger partial charge in [0.2, 0.25) is 0 Å². The summed E-state index contributed by atoms with van der Waals surface area (Å²) >= 11 is 0. The predicted octanol–water partition coefficient (Wildman–Crippen LogP) is 0.652. The number of nitrogens with two attached hydrogens (primary N) is 1. The average molecular weight is 276 g/mol. The number of nitrogens with zero attached hydrogens (tertiary/aromatic N) is 1. The average Bonchev–Trinajstić information content (AvgIpc) is 2.48. The van der Waals surface area contributed by atoms with Crippen molar-refractivity contribution in [2.45, 2.75) is 12.7 Å². The summed E-state index contributed by atoms with van der Waals surface area (Å²) in [6.07, 6.45) is 1.77. The van der Waals surface area contributed by atoms with Gasteiger partial charge >= 0.3 is 5.97 Å². The van der Waals surface area contributed by atoms with Crippen molar-refractivity contribution in [3.8, 4) is 0 Å². The Labute approximate surface area is 116 Å². The molecular formula is C14H16N2O4. The van der Waals surface area contributed by atoms with Crippen molar-refractivity contribution in [1.82, 2.24) is 5.01 Å². The first kappa shape index (κ1) is 14.1. The number of hydrogen-bond donors (Lipinski definition) is 2. The van der Waals surface area contributed by atoms with Crippen molar-refractivity contribution >= 4 is 5.97 Å². The number of esters is 1. The minimum Gasteiger partial charge on any atom is -0.488 e. The molecule has 1 aliphatic rings. The van der Waals surface area contributed by atoms with Crippen molar-refractivity contribution in [3.05, 3.63) is 59.6 Å². The highest BCUT2D eigenvalue weighted by molar-refractivity contribution is 5.88. The quantitative estimate of drug-likeness (QED) is 0.620. The molecule has 1 aromatic carbocycles. The first-order chi connectivity index (χ1) is 9.63. The summed E-state index contributed by atoms with van der Waals surface area (Å²) in [6, 6.07) is 9.40. The number of rotatable bonds is 4. The van der Waals surface area contributed by atoms with Crippen molar-refractivity contribution in [1.29, 1.82) is 0 Å². The number of aliphatic hydroxyl groups is 1. The van der Waals surface area contributed by atoms with Crippen LogP contribution in [0.4, 0.5) is 0 Å². The van der Waals surface area contributed by atoms with Crippen LogP contribution in [0.3, 0.4) is 0 Å². The van der Waals surface area contributed by atoms with E-state index in [1.807, 2.05) is 30.3 Å². The highest BCUT2D eigenvalue weighted by atomic mass is 16.5. The number of hydrogen-bond acceptors (Lipinski definition) is 6. The Morgan fingerprint density at radius 3 is 2.75 bits per heavy atom. The van der Waals surface area contributed by atoms with Gasteiger partial charge in [0.05, 0.1) is 7.11 Å². The lowest BCUT2D eigenvalue weighted by molar-refractivity contribution is -0.138. The van der Waals surface area contributed by atoms with Gasteiger partial charge in [-0.2, -0.15) is 0 Å². The van der Waals surface area contributed by atoms with E-state index in [1.54, 1.807) is 0 Å². The largest absolute Gasteiger partial charge is 0.488 e. The first-order valence-corrected chi connectivity index (χ1v) is 6.03. The third-order valence-corrected chi connectivity index (χ3v) is 2.81. The summed E-state index contributed by atoms with van der Waals surface area (Å²) in [5, 5.41) is 11.0. The second kappa shape index (κ2) is 6.23. The monoisotopic (exact) mass is 276 g/mol. The van der Waals surface area contributed by atoms with Gasteiger partial charge in [0.1, 0.15) is 12.7 Å².